The fourth-order valence-electron chi connectivity index (χ4n) is 3.21. The van der Waals surface area contributed by atoms with Crippen LogP contribution in [0.25, 0.3) is 22.6 Å². The van der Waals surface area contributed by atoms with Crippen LogP contribution in [0.3, 0.4) is 0 Å². The molecule has 0 unspecified atom stereocenters. The number of ether oxygens (including phenoxy) is 1. The Balaban J connectivity index is 1.47. The first kappa shape index (κ1) is 21.2. The van der Waals surface area contributed by atoms with Gasteiger partial charge in [0.05, 0.1) is 5.02 Å². The predicted molar refractivity (Wildman–Crippen MR) is 124 cm³/mol. The molecule has 1 aromatic heterocycles. The molecule has 1 heterocycles. The normalized spacial score (nSPS) is 11.0. The number of benzene rings is 3. The highest BCUT2D eigenvalue weighted by molar-refractivity contribution is 6.35. The van der Waals surface area contributed by atoms with Crippen molar-refractivity contribution in [1.29, 1.82) is 0 Å². The van der Waals surface area contributed by atoms with Crippen molar-refractivity contribution in [2.45, 2.75) is 20.8 Å². The number of aromatic nitrogens is 1. The van der Waals surface area contributed by atoms with Gasteiger partial charge in [-0.05, 0) is 79.9 Å². The van der Waals surface area contributed by atoms with Crippen LogP contribution in [0.5, 0.6) is 5.75 Å². The third kappa shape index (κ3) is 4.68. The lowest BCUT2D eigenvalue weighted by Gasteiger charge is -2.11. The van der Waals surface area contributed by atoms with Crippen LogP contribution in [-0.4, -0.2) is 17.5 Å². The molecule has 0 bridgehead atoms. The molecule has 0 aliphatic carbocycles. The van der Waals surface area contributed by atoms with Gasteiger partial charge in [-0.25, -0.2) is 4.98 Å². The van der Waals surface area contributed by atoms with Crippen LogP contribution in [0.1, 0.15) is 16.7 Å². The number of oxazole rings is 1. The number of rotatable bonds is 5. The second kappa shape index (κ2) is 8.61. The van der Waals surface area contributed by atoms with E-state index in [1.54, 1.807) is 30.3 Å². The zero-order valence-corrected chi connectivity index (χ0v) is 18.8. The molecule has 0 fully saturated rings. The maximum atomic E-state index is 12.4. The average Bonchev–Trinajstić information content (AvgIpc) is 3.12. The lowest BCUT2D eigenvalue weighted by atomic mass is 10.1. The molecule has 158 valence electrons. The minimum Gasteiger partial charge on any atom is -0.482 e. The summed E-state index contributed by atoms with van der Waals surface area (Å²) >= 11 is 12.1. The van der Waals surface area contributed by atoms with Crippen molar-refractivity contribution < 1.29 is 13.9 Å². The molecule has 3 aromatic carbocycles. The van der Waals surface area contributed by atoms with Crippen LogP contribution in [0, 0.1) is 20.8 Å². The Bertz CT molecular complexity index is 1270. The van der Waals surface area contributed by atoms with Gasteiger partial charge >= 0.3 is 0 Å². The number of hydrogen-bond acceptors (Lipinski definition) is 4. The SMILES string of the molecule is Cc1ccc(-c2nc3cc(NC(=O)COc4c(C)cc(Cl)cc4Cl)ccc3o2)cc1C. The quantitative estimate of drug-likeness (QED) is 0.362. The summed E-state index contributed by atoms with van der Waals surface area (Å²) in [5.74, 6) is 0.659. The summed E-state index contributed by atoms with van der Waals surface area (Å²) in [6.07, 6.45) is 0. The van der Waals surface area contributed by atoms with Gasteiger partial charge in [0.25, 0.3) is 5.91 Å². The Morgan fingerprint density at radius 2 is 1.81 bits per heavy atom. The number of anilines is 1. The zero-order chi connectivity index (χ0) is 22.1. The largest absolute Gasteiger partial charge is 0.482 e. The van der Waals surface area contributed by atoms with Gasteiger partial charge in [-0.2, -0.15) is 0 Å². The van der Waals surface area contributed by atoms with Crippen molar-refractivity contribution in [3.8, 4) is 17.2 Å². The number of carbonyl (C=O) groups is 1. The molecule has 0 saturated heterocycles. The molecule has 5 nitrogen and oxygen atoms in total. The van der Waals surface area contributed by atoms with E-state index in [0.29, 0.717) is 38.5 Å². The van der Waals surface area contributed by atoms with Crippen LogP contribution >= 0.6 is 23.2 Å². The van der Waals surface area contributed by atoms with Crippen LogP contribution < -0.4 is 10.1 Å². The molecule has 0 spiro atoms. The Kier molecular flexibility index (Phi) is 5.90. The van der Waals surface area contributed by atoms with E-state index in [1.165, 1.54) is 11.1 Å². The first-order valence-corrected chi connectivity index (χ1v) is 10.4. The van der Waals surface area contributed by atoms with E-state index in [9.17, 15) is 4.79 Å². The smallest absolute Gasteiger partial charge is 0.262 e. The minimum atomic E-state index is -0.317. The van der Waals surface area contributed by atoms with E-state index in [4.69, 9.17) is 32.4 Å². The van der Waals surface area contributed by atoms with Gasteiger partial charge in [-0.15, -0.1) is 0 Å². The topological polar surface area (TPSA) is 64.4 Å². The third-order valence-corrected chi connectivity index (χ3v) is 5.47. The van der Waals surface area contributed by atoms with Crippen LogP contribution in [0.4, 0.5) is 5.69 Å². The molecule has 4 aromatic rings. The monoisotopic (exact) mass is 454 g/mol. The number of carbonyl (C=O) groups excluding carboxylic acids is 1. The van der Waals surface area contributed by atoms with E-state index in [2.05, 4.69) is 24.1 Å². The van der Waals surface area contributed by atoms with Gasteiger partial charge < -0.3 is 14.5 Å². The lowest BCUT2D eigenvalue weighted by Crippen LogP contribution is -2.20. The first-order chi connectivity index (χ1) is 14.8. The van der Waals surface area contributed by atoms with Crippen LogP contribution in [0.2, 0.25) is 10.0 Å². The number of fused-ring (bicyclic) bond motifs is 1. The van der Waals surface area contributed by atoms with Crippen molar-refractivity contribution in [3.05, 3.63) is 75.3 Å². The maximum absolute atomic E-state index is 12.4. The van der Waals surface area contributed by atoms with Gasteiger partial charge in [0.2, 0.25) is 5.89 Å². The summed E-state index contributed by atoms with van der Waals surface area (Å²) in [6.45, 7) is 5.74. The molecule has 0 aliphatic heterocycles. The molecule has 7 heteroatoms. The summed E-state index contributed by atoms with van der Waals surface area (Å²) in [5, 5.41) is 3.68. The van der Waals surface area contributed by atoms with E-state index in [-0.39, 0.29) is 12.5 Å². The Hall–Kier alpha value is -3.02. The molecule has 0 radical (unpaired) electrons. The van der Waals surface area contributed by atoms with Crippen LogP contribution in [-0.2, 0) is 4.79 Å². The van der Waals surface area contributed by atoms with Gasteiger partial charge in [0, 0.05) is 16.3 Å². The fraction of sp³-hybridized carbons (Fsp3) is 0.167. The Labute approximate surface area is 189 Å². The lowest BCUT2D eigenvalue weighted by molar-refractivity contribution is -0.118. The highest BCUT2D eigenvalue weighted by Gasteiger charge is 2.13. The first-order valence-electron chi connectivity index (χ1n) is 9.66. The Morgan fingerprint density at radius 1 is 1.00 bits per heavy atom. The van der Waals surface area contributed by atoms with Gasteiger partial charge in [0.1, 0.15) is 11.3 Å². The molecule has 4 rings (SSSR count). The van der Waals surface area contributed by atoms with E-state index in [1.807, 2.05) is 25.1 Å². The molecule has 0 aliphatic rings. The summed E-state index contributed by atoms with van der Waals surface area (Å²) in [7, 11) is 0. The average molecular weight is 455 g/mol. The second-order valence-electron chi connectivity index (χ2n) is 7.37. The molecule has 1 N–H and O–H groups in total. The van der Waals surface area contributed by atoms with Crippen molar-refractivity contribution in [3.63, 3.8) is 0 Å². The fourth-order valence-corrected chi connectivity index (χ4v) is 3.86. The van der Waals surface area contributed by atoms with Gasteiger partial charge in [0.15, 0.2) is 12.2 Å². The third-order valence-electron chi connectivity index (χ3n) is 4.97. The molecule has 31 heavy (non-hydrogen) atoms. The van der Waals surface area contributed by atoms with Gasteiger partial charge in [-0.3, -0.25) is 4.79 Å². The standard InChI is InChI=1S/C24H20Cl2N2O3/c1-13-4-5-16(8-14(13)2)24-28-20-11-18(6-7-21(20)31-24)27-22(29)12-30-23-15(3)9-17(25)10-19(23)26/h4-11H,12H2,1-3H3,(H,27,29). The zero-order valence-electron chi connectivity index (χ0n) is 17.3. The van der Waals surface area contributed by atoms with Gasteiger partial charge in [-0.1, -0.05) is 29.3 Å². The van der Waals surface area contributed by atoms with Crippen molar-refractivity contribution in [1.82, 2.24) is 4.98 Å². The number of halogens is 2. The number of nitrogens with one attached hydrogen (secondary N) is 1. The summed E-state index contributed by atoms with van der Waals surface area (Å²) in [5.41, 5.74) is 5.95. The van der Waals surface area contributed by atoms with Crippen molar-refractivity contribution >= 4 is 45.9 Å². The highest BCUT2D eigenvalue weighted by Crippen LogP contribution is 2.32. The number of amides is 1. The van der Waals surface area contributed by atoms with Crippen LogP contribution in [0.15, 0.2) is 52.9 Å². The maximum Gasteiger partial charge on any atom is 0.262 e. The van der Waals surface area contributed by atoms with E-state index in [0.717, 1.165) is 11.1 Å². The molecule has 1 amide bonds. The molecule has 0 saturated carbocycles. The number of aryl methyl sites for hydroxylation is 3. The molecule has 0 atom stereocenters. The highest BCUT2D eigenvalue weighted by atomic mass is 35.5. The predicted octanol–water partition coefficient (Wildman–Crippen LogP) is 6.74. The summed E-state index contributed by atoms with van der Waals surface area (Å²) < 4.78 is 11.5. The molecular weight excluding hydrogens is 435 g/mol. The number of hydrogen-bond donors (Lipinski definition) is 1. The number of nitrogens with zero attached hydrogens (tertiary/aromatic N) is 1. The van der Waals surface area contributed by atoms with E-state index < -0.39 is 0 Å². The Morgan fingerprint density at radius 3 is 2.55 bits per heavy atom. The molecular formula is C24H20Cl2N2O3. The second-order valence-corrected chi connectivity index (χ2v) is 8.21. The van der Waals surface area contributed by atoms with Crippen molar-refractivity contribution in [2.75, 3.05) is 11.9 Å². The minimum absolute atomic E-state index is 0.188. The summed E-state index contributed by atoms with van der Waals surface area (Å²) in [6, 6.07) is 14.7. The summed E-state index contributed by atoms with van der Waals surface area (Å²) in [4.78, 5) is 16.9. The van der Waals surface area contributed by atoms with Crippen molar-refractivity contribution in [2.24, 2.45) is 0 Å². The van der Waals surface area contributed by atoms with E-state index >= 15 is 0 Å².